The fraction of sp³-hybridized carbons (Fsp3) is 0.333. The predicted molar refractivity (Wildman–Crippen MR) is 122 cm³/mol. The van der Waals surface area contributed by atoms with Gasteiger partial charge in [-0.05, 0) is 54.8 Å². The quantitative estimate of drug-likeness (QED) is 0.718. The van der Waals surface area contributed by atoms with E-state index in [9.17, 15) is 4.79 Å². The Balaban J connectivity index is 1.82. The first-order valence-corrected chi connectivity index (χ1v) is 10.4. The second kappa shape index (κ2) is 8.32. The molecule has 0 spiro atoms. The third kappa shape index (κ3) is 3.71. The molecule has 1 aliphatic rings. The first kappa shape index (κ1) is 20.2. The summed E-state index contributed by atoms with van der Waals surface area (Å²) in [6.07, 6.45) is 0. The van der Waals surface area contributed by atoms with E-state index >= 15 is 0 Å². The van der Waals surface area contributed by atoms with Gasteiger partial charge in [-0.1, -0.05) is 18.2 Å². The van der Waals surface area contributed by atoms with Gasteiger partial charge in [0.25, 0.3) is 5.91 Å². The first-order valence-electron chi connectivity index (χ1n) is 10.4. The average molecular weight is 405 g/mol. The predicted octanol–water partition coefficient (Wildman–Crippen LogP) is 3.72. The number of ether oxygens (including phenoxy) is 1. The summed E-state index contributed by atoms with van der Waals surface area (Å²) in [5.74, 6) is 0.564. The summed E-state index contributed by atoms with van der Waals surface area (Å²) in [6, 6.07) is 14.1. The zero-order valence-electron chi connectivity index (χ0n) is 17.8. The third-order valence-corrected chi connectivity index (χ3v) is 5.79. The number of aryl methyl sites for hydroxylation is 1. The molecule has 6 heteroatoms. The minimum Gasteiger partial charge on any atom is -0.382 e. The number of aromatic nitrogens is 1. The number of benzene rings is 2. The molecule has 0 radical (unpaired) electrons. The minimum absolute atomic E-state index is 0.0285. The van der Waals surface area contributed by atoms with Gasteiger partial charge < -0.3 is 20.3 Å². The van der Waals surface area contributed by atoms with Gasteiger partial charge in [-0.15, -0.1) is 0 Å². The molecule has 0 bridgehead atoms. The summed E-state index contributed by atoms with van der Waals surface area (Å²) >= 11 is 0. The molecule has 4 rings (SSSR count). The summed E-state index contributed by atoms with van der Waals surface area (Å²) in [6.45, 7) is 7.67. The van der Waals surface area contributed by atoms with Crippen LogP contribution in [0.25, 0.3) is 22.0 Å². The van der Waals surface area contributed by atoms with Gasteiger partial charge >= 0.3 is 0 Å². The Morgan fingerprint density at radius 2 is 1.97 bits per heavy atom. The summed E-state index contributed by atoms with van der Waals surface area (Å²) in [5.41, 5.74) is 11.8. The van der Waals surface area contributed by atoms with Crippen LogP contribution in [0.5, 0.6) is 0 Å². The van der Waals surface area contributed by atoms with Gasteiger partial charge in [0.05, 0.1) is 24.4 Å². The van der Waals surface area contributed by atoms with Crippen LogP contribution in [0.3, 0.4) is 0 Å². The van der Waals surface area contributed by atoms with E-state index in [1.807, 2.05) is 51.2 Å². The maximum atomic E-state index is 13.0. The number of nitrogens with zero attached hydrogens (tertiary/aromatic N) is 3. The van der Waals surface area contributed by atoms with Crippen molar-refractivity contribution >= 4 is 28.3 Å². The van der Waals surface area contributed by atoms with Crippen LogP contribution in [0.2, 0.25) is 0 Å². The molecule has 2 N–H and O–H groups in total. The number of nitrogens with two attached hydrogens (primary N) is 1. The van der Waals surface area contributed by atoms with Crippen LogP contribution in [0, 0.1) is 6.92 Å². The summed E-state index contributed by atoms with van der Waals surface area (Å²) < 4.78 is 5.46. The van der Waals surface area contributed by atoms with Crippen molar-refractivity contribution in [3.63, 3.8) is 0 Å². The van der Waals surface area contributed by atoms with E-state index < -0.39 is 0 Å². The van der Waals surface area contributed by atoms with Crippen molar-refractivity contribution in [3.8, 4) is 11.1 Å². The maximum Gasteiger partial charge on any atom is 0.254 e. The number of anilines is 2. The molecule has 0 atom stereocenters. The Morgan fingerprint density at radius 3 is 2.70 bits per heavy atom. The summed E-state index contributed by atoms with van der Waals surface area (Å²) in [7, 11) is 1.83. The topological polar surface area (TPSA) is 71.7 Å². The zero-order valence-corrected chi connectivity index (χ0v) is 17.8. The molecule has 3 aromatic rings. The number of amides is 1. The zero-order chi connectivity index (χ0) is 21.3. The number of pyridine rings is 1. The molecule has 0 aliphatic carbocycles. The Labute approximate surface area is 177 Å². The van der Waals surface area contributed by atoms with E-state index in [1.165, 1.54) is 0 Å². The summed E-state index contributed by atoms with van der Waals surface area (Å²) in [4.78, 5) is 21.6. The largest absolute Gasteiger partial charge is 0.382 e. The van der Waals surface area contributed by atoms with Crippen LogP contribution in [0.1, 0.15) is 22.8 Å². The Morgan fingerprint density at radius 1 is 1.20 bits per heavy atom. The van der Waals surface area contributed by atoms with E-state index in [2.05, 4.69) is 22.0 Å². The molecular formula is C24H28N4O2. The number of carbonyl (C=O) groups excluding carboxylic acids is 1. The second-order valence-electron chi connectivity index (χ2n) is 7.72. The highest BCUT2D eigenvalue weighted by atomic mass is 16.5. The van der Waals surface area contributed by atoms with Crippen molar-refractivity contribution in [1.29, 1.82) is 0 Å². The Kier molecular flexibility index (Phi) is 5.59. The second-order valence-corrected chi connectivity index (χ2v) is 7.72. The molecule has 0 saturated carbocycles. The summed E-state index contributed by atoms with van der Waals surface area (Å²) in [5, 5.41) is 1.01. The molecule has 30 heavy (non-hydrogen) atoms. The molecular weight excluding hydrogens is 376 g/mol. The lowest BCUT2D eigenvalue weighted by atomic mass is 9.93. The van der Waals surface area contributed by atoms with Gasteiger partial charge in [0, 0.05) is 37.6 Å². The normalized spacial score (nSPS) is 14.2. The van der Waals surface area contributed by atoms with Crippen molar-refractivity contribution in [2.24, 2.45) is 0 Å². The van der Waals surface area contributed by atoms with Crippen LogP contribution in [0.4, 0.5) is 11.5 Å². The van der Waals surface area contributed by atoms with Crippen molar-refractivity contribution in [2.75, 3.05) is 50.5 Å². The molecule has 6 nitrogen and oxygen atoms in total. The molecule has 1 saturated heterocycles. The smallest absolute Gasteiger partial charge is 0.254 e. The first-order chi connectivity index (χ1) is 14.5. The van der Waals surface area contributed by atoms with Gasteiger partial charge in [0.2, 0.25) is 0 Å². The highest BCUT2D eigenvalue weighted by molar-refractivity contribution is 6.02. The van der Waals surface area contributed by atoms with Crippen LogP contribution in [-0.2, 0) is 4.74 Å². The van der Waals surface area contributed by atoms with Gasteiger partial charge in [-0.2, -0.15) is 0 Å². The fourth-order valence-electron chi connectivity index (χ4n) is 3.97. The van der Waals surface area contributed by atoms with Crippen molar-refractivity contribution in [3.05, 3.63) is 53.6 Å². The molecule has 1 fully saturated rings. The third-order valence-electron chi connectivity index (χ3n) is 5.79. The number of rotatable bonds is 4. The van der Waals surface area contributed by atoms with Crippen LogP contribution >= 0.6 is 0 Å². The number of nitrogen functional groups attached to an aromatic ring is 1. The number of morpholine rings is 1. The standard InChI is InChI=1S/C24H28N4O2/c1-4-27(3)24(29)19-7-5-6-16(2)22(19)17-8-9-20-18(14-17)15-21(23(25)26-20)28-10-12-30-13-11-28/h5-9,14-15H,4,10-13H2,1-3H3,(H2,25,26). The Bertz CT molecular complexity index is 1090. The lowest BCUT2D eigenvalue weighted by Gasteiger charge is -2.29. The average Bonchev–Trinajstić information content (AvgIpc) is 2.77. The van der Waals surface area contributed by atoms with Gasteiger partial charge in [-0.3, -0.25) is 4.79 Å². The number of hydrogen-bond donors (Lipinski definition) is 1. The van der Waals surface area contributed by atoms with E-state index in [1.54, 1.807) is 4.90 Å². The van der Waals surface area contributed by atoms with E-state index in [-0.39, 0.29) is 5.91 Å². The number of hydrogen-bond acceptors (Lipinski definition) is 5. The number of fused-ring (bicyclic) bond motifs is 1. The van der Waals surface area contributed by atoms with Gasteiger partial charge in [-0.25, -0.2) is 4.98 Å². The van der Waals surface area contributed by atoms with Crippen molar-refractivity contribution < 1.29 is 9.53 Å². The van der Waals surface area contributed by atoms with Crippen LogP contribution in [0.15, 0.2) is 42.5 Å². The molecule has 2 heterocycles. The lowest BCUT2D eigenvalue weighted by Crippen LogP contribution is -2.36. The van der Waals surface area contributed by atoms with Gasteiger partial charge in [0.15, 0.2) is 0 Å². The van der Waals surface area contributed by atoms with Crippen LogP contribution in [-0.4, -0.2) is 55.7 Å². The molecule has 1 amide bonds. The lowest BCUT2D eigenvalue weighted by molar-refractivity contribution is 0.0803. The monoisotopic (exact) mass is 404 g/mol. The molecule has 2 aromatic carbocycles. The number of carbonyl (C=O) groups is 1. The Hall–Kier alpha value is -3.12. The molecule has 1 aromatic heterocycles. The fourth-order valence-corrected chi connectivity index (χ4v) is 3.97. The molecule has 1 aliphatic heterocycles. The van der Waals surface area contributed by atoms with Crippen LogP contribution < -0.4 is 10.6 Å². The molecule has 0 unspecified atom stereocenters. The van der Waals surface area contributed by atoms with E-state index in [0.29, 0.717) is 25.6 Å². The molecule has 156 valence electrons. The van der Waals surface area contributed by atoms with E-state index in [4.69, 9.17) is 10.5 Å². The minimum atomic E-state index is 0.0285. The van der Waals surface area contributed by atoms with Gasteiger partial charge in [0.1, 0.15) is 5.82 Å². The maximum absolute atomic E-state index is 13.0. The van der Waals surface area contributed by atoms with Crippen molar-refractivity contribution in [2.45, 2.75) is 13.8 Å². The highest BCUT2D eigenvalue weighted by Crippen LogP contribution is 2.33. The van der Waals surface area contributed by atoms with E-state index in [0.717, 1.165) is 51.9 Å². The van der Waals surface area contributed by atoms with Crippen molar-refractivity contribution in [1.82, 2.24) is 9.88 Å². The SMILES string of the molecule is CCN(C)C(=O)c1cccc(C)c1-c1ccc2nc(N)c(N3CCOCC3)cc2c1. The highest BCUT2D eigenvalue weighted by Gasteiger charge is 2.19.